The molecule has 6 heterocycles. The molecule has 314 valence electrons. The van der Waals surface area contributed by atoms with Crippen molar-refractivity contribution in [1.29, 1.82) is 0 Å². The number of aromatic nitrogens is 6. The Morgan fingerprint density at radius 1 is 0.721 bits per heavy atom. The lowest BCUT2D eigenvalue weighted by Gasteiger charge is -2.30. The molecule has 16 heteroatoms. The standard InChI is InChI=1S/C45H48N10O6/c1-26(2)38(52-44(58)60-3)42(56)54-18-8-13-37(54)41-49-25-35(51-41)32-17-16-30(22-46-32)28-14-15-29-20-31(23-47-33(29)21-28)34-24-48-40(50-34)36-12-9-19-55(36)43(57)39(53-45(59)61-4)27-10-6-5-7-11-27/h5-7,10-11,14-17,20-26,36-39H,8-9,12-13,18-19H2,1-4H3,(H,48,50)(H,49,51)(H,52,58)(H,53,59)/t36-,37-,38-,39+/m0/s1. The van der Waals surface area contributed by atoms with E-state index in [1.165, 1.54) is 14.2 Å². The van der Waals surface area contributed by atoms with E-state index >= 15 is 0 Å². The largest absolute Gasteiger partial charge is 0.453 e. The molecule has 0 unspecified atom stereocenters. The van der Waals surface area contributed by atoms with Gasteiger partial charge in [0, 0.05) is 48.2 Å². The van der Waals surface area contributed by atoms with Crippen LogP contribution in [-0.4, -0.2) is 97.1 Å². The quantitative estimate of drug-likeness (QED) is 0.107. The number of pyridine rings is 2. The summed E-state index contributed by atoms with van der Waals surface area (Å²) in [7, 11) is 2.56. The average molecular weight is 825 g/mol. The lowest BCUT2D eigenvalue weighted by molar-refractivity contribution is -0.135. The molecule has 6 aromatic rings. The molecule has 0 aliphatic carbocycles. The zero-order chi connectivity index (χ0) is 42.6. The van der Waals surface area contributed by atoms with E-state index in [1.54, 1.807) is 22.2 Å². The number of amides is 4. The van der Waals surface area contributed by atoms with Crippen LogP contribution < -0.4 is 10.6 Å². The van der Waals surface area contributed by atoms with E-state index in [9.17, 15) is 19.2 Å². The second kappa shape index (κ2) is 17.6. The highest BCUT2D eigenvalue weighted by molar-refractivity contribution is 5.89. The highest BCUT2D eigenvalue weighted by atomic mass is 16.5. The first-order valence-corrected chi connectivity index (χ1v) is 20.4. The van der Waals surface area contributed by atoms with E-state index < -0.39 is 24.3 Å². The number of hydrogen-bond donors (Lipinski definition) is 4. The Morgan fingerprint density at radius 3 is 2.11 bits per heavy atom. The van der Waals surface area contributed by atoms with Crippen molar-refractivity contribution < 1.29 is 28.7 Å². The number of carbonyl (C=O) groups excluding carboxylic acids is 4. The van der Waals surface area contributed by atoms with Crippen LogP contribution in [0.25, 0.3) is 44.7 Å². The maximum Gasteiger partial charge on any atom is 0.407 e. The molecular formula is C45H48N10O6. The van der Waals surface area contributed by atoms with Crippen LogP contribution in [-0.2, 0) is 19.1 Å². The number of hydrogen-bond acceptors (Lipinski definition) is 10. The van der Waals surface area contributed by atoms with Crippen LogP contribution in [0.15, 0.2) is 91.5 Å². The molecule has 4 aromatic heterocycles. The number of ether oxygens (including phenoxy) is 2. The molecule has 2 aliphatic heterocycles. The number of nitrogens with zero attached hydrogens (tertiary/aromatic N) is 6. The zero-order valence-electron chi connectivity index (χ0n) is 34.4. The first-order chi connectivity index (χ1) is 29.6. The molecule has 4 atom stereocenters. The summed E-state index contributed by atoms with van der Waals surface area (Å²) in [6.45, 7) is 4.89. The van der Waals surface area contributed by atoms with Gasteiger partial charge in [0.25, 0.3) is 5.91 Å². The summed E-state index contributed by atoms with van der Waals surface area (Å²) in [6, 6.07) is 19.1. The van der Waals surface area contributed by atoms with E-state index in [4.69, 9.17) is 24.4 Å². The molecule has 0 radical (unpaired) electrons. The summed E-state index contributed by atoms with van der Waals surface area (Å²) in [5, 5.41) is 6.34. The van der Waals surface area contributed by atoms with Gasteiger partial charge in [0.15, 0.2) is 0 Å². The normalized spacial score (nSPS) is 17.3. The van der Waals surface area contributed by atoms with Crippen LogP contribution in [0.5, 0.6) is 0 Å². The van der Waals surface area contributed by atoms with Crippen molar-refractivity contribution in [2.75, 3.05) is 27.3 Å². The molecular weight excluding hydrogens is 777 g/mol. The highest BCUT2D eigenvalue weighted by Crippen LogP contribution is 2.36. The third kappa shape index (κ3) is 8.51. The molecule has 16 nitrogen and oxygen atoms in total. The Morgan fingerprint density at radius 2 is 1.41 bits per heavy atom. The lowest BCUT2D eigenvalue weighted by atomic mass is 10.0. The number of aromatic amines is 2. The van der Waals surface area contributed by atoms with Gasteiger partial charge in [0.05, 0.1) is 55.1 Å². The number of H-pyrrole nitrogens is 2. The van der Waals surface area contributed by atoms with Crippen molar-refractivity contribution in [2.45, 2.75) is 63.7 Å². The predicted molar refractivity (Wildman–Crippen MR) is 226 cm³/mol. The van der Waals surface area contributed by atoms with E-state index in [1.807, 2.05) is 93.0 Å². The number of fused-ring (bicyclic) bond motifs is 1. The smallest absolute Gasteiger partial charge is 0.407 e. The maximum absolute atomic E-state index is 13.9. The van der Waals surface area contributed by atoms with Gasteiger partial charge in [-0.1, -0.05) is 62.4 Å². The zero-order valence-corrected chi connectivity index (χ0v) is 34.4. The van der Waals surface area contributed by atoms with Crippen molar-refractivity contribution >= 4 is 34.9 Å². The van der Waals surface area contributed by atoms with Gasteiger partial charge in [-0.25, -0.2) is 19.6 Å². The third-order valence-corrected chi connectivity index (χ3v) is 11.5. The molecule has 2 aromatic carbocycles. The van der Waals surface area contributed by atoms with Crippen LogP contribution in [0, 0.1) is 5.92 Å². The van der Waals surface area contributed by atoms with Crippen molar-refractivity contribution in [2.24, 2.45) is 5.92 Å². The minimum absolute atomic E-state index is 0.121. The average Bonchev–Trinajstić information content (AvgIpc) is 4.14. The van der Waals surface area contributed by atoms with Gasteiger partial charge in [-0.05, 0) is 60.9 Å². The molecule has 0 spiro atoms. The van der Waals surface area contributed by atoms with E-state index in [0.29, 0.717) is 41.7 Å². The SMILES string of the molecule is COC(=O)N[C@H](C(=O)N1CCC[C@H]1c1ncc(-c2ccc(-c3ccc4cc(-c5c[nH]c([C@@H]6CCCN6C(=O)[C@H](NC(=O)OC)c6ccccc6)n5)cnc4c3)cn2)[nH]1)C(C)C. The number of alkyl carbamates (subject to hydrolysis) is 2. The van der Waals surface area contributed by atoms with Crippen LogP contribution in [0.2, 0.25) is 0 Å². The van der Waals surface area contributed by atoms with Crippen LogP contribution in [0.4, 0.5) is 9.59 Å². The molecule has 0 saturated carbocycles. The van der Waals surface area contributed by atoms with Gasteiger partial charge in [-0.15, -0.1) is 0 Å². The van der Waals surface area contributed by atoms with Gasteiger partial charge in [-0.3, -0.25) is 19.6 Å². The number of rotatable bonds is 11. The molecule has 0 bridgehead atoms. The molecule has 2 saturated heterocycles. The van der Waals surface area contributed by atoms with Gasteiger partial charge in [0.1, 0.15) is 23.7 Å². The van der Waals surface area contributed by atoms with Crippen molar-refractivity contribution in [3.63, 3.8) is 0 Å². The van der Waals surface area contributed by atoms with Crippen molar-refractivity contribution in [3.8, 4) is 33.8 Å². The highest BCUT2D eigenvalue weighted by Gasteiger charge is 2.39. The molecule has 2 fully saturated rings. The Hall–Kier alpha value is -7.10. The number of imidazole rings is 2. The topological polar surface area (TPSA) is 200 Å². The maximum atomic E-state index is 13.9. The van der Waals surface area contributed by atoms with Gasteiger partial charge in [-0.2, -0.15) is 0 Å². The number of carbonyl (C=O) groups is 4. The van der Waals surface area contributed by atoms with Gasteiger partial charge < -0.3 is 39.9 Å². The first kappa shape index (κ1) is 40.7. The minimum atomic E-state index is -0.895. The van der Waals surface area contributed by atoms with Crippen molar-refractivity contribution in [3.05, 3.63) is 109 Å². The molecule has 2 aliphatic rings. The van der Waals surface area contributed by atoms with Gasteiger partial charge in [0.2, 0.25) is 5.91 Å². The molecule has 61 heavy (non-hydrogen) atoms. The monoisotopic (exact) mass is 824 g/mol. The third-order valence-electron chi connectivity index (χ3n) is 11.5. The van der Waals surface area contributed by atoms with Crippen molar-refractivity contribution in [1.82, 2.24) is 50.3 Å². The summed E-state index contributed by atoms with van der Waals surface area (Å²) in [4.78, 5) is 81.0. The fourth-order valence-electron chi connectivity index (χ4n) is 8.24. The van der Waals surface area contributed by atoms with E-state index in [0.717, 1.165) is 59.0 Å². The molecule has 4 amide bonds. The first-order valence-electron chi connectivity index (χ1n) is 20.4. The Balaban J connectivity index is 0.943. The van der Waals surface area contributed by atoms with Crippen LogP contribution in [0.3, 0.4) is 0 Å². The summed E-state index contributed by atoms with van der Waals surface area (Å²) < 4.78 is 9.58. The number of benzene rings is 2. The second-order valence-corrected chi connectivity index (χ2v) is 15.6. The van der Waals surface area contributed by atoms with Gasteiger partial charge >= 0.3 is 12.2 Å². The van der Waals surface area contributed by atoms with Crippen LogP contribution in [0.1, 0.15) is 74.9 Å². The summed E-state index contributed by atoms with van der Waals surface area (Å²) in [5.74, 6) is 0.838. The number of nitrogens with one attached hydrogen (secondary N) is 4. The van der Waals surface area contributed by atoms with Crippen LogP contribution >= 0.6 is 0 Å². The Labute approximate surface area is 352 Å². The Bertz CT molecular complexity index is 2540. The lowest BCUT2D eigenvalue weighted by Crippen LogP contribution is -2.51. The predicted octanol–water partition coefficient (Wildman–Crippen LogP) is 6.88. The summed E-state index contributed by atoms with van der Waals surface area (Å²) in [6.07, 6.45) is 8.98. The van der Waals surface area contributed by atoms with E-state index in [-0.39, 0.29) is 29.8 Å². The van der Waals surface area contributed by atoms with E-state index in [2.05, 4.69) is 25.6 Å². The second-order valence-electron chi connectivity index (χ2n) is 15.6. The number of likely N-dealkylation sites (tertiary alicyclic amines) is 2. The fourth-order valence-corrected chi connectivity index (χ4v) is 8.24. The fraction of sp³-hybridized carbons (Fsp3) is 0.333. The molecule has 8 rings (SSSR count). The molecule has 4 N–H and O–H groups in total. The summed E-state index contributed by atoms with van der Waals surface area (Å²) >= 11 is 0. The number of methoxy groups -OCH3 is 2. The minimum Gasteiger partial charge on any atom is -0.453 e. The Kier molecular flexibility index (Phi) is 11.8. The summed E-state index contributed by atoms with van der Waals surface area (Å²) in [5.41, 5.74) is 6.36.